The van der Waals surface area contributed by atoms with E-state index >= 15 is 0 Å². The molecular weight excluding hydrogens is 310 g/mol. The SMILES string of the molecule is CCOC(=O)NC(=S)Nc1ccccc1NC(=S)OCC. The first-order valence-electron chi connectivity index (χ1n) is 6.34. The number of carbonyl (C=O) groups excluding carboxylic acids is 1. The lowest BCUT2D eigenvalue weighted by Crippen LogP contribution is -2.34. The normalized spacial score (nSPS) is 9.43. The van der Waals surface area contributed by atoms with Crippen LogP contribution in [0.25, 0.3) is 0 Å². The number of alkyl carbamates (subject to hydrolysis) is 1. The highest BCUT2D eigenvalue weighted by Crippen LogP contribution is 2.21. The number of anilines is 2. The zero-order valence-corrected chi connectivity index (χ0v) is 13.4. The number of rotatable bonds is 4. The summed E-state index contributed by atoms with van der Waals surface area (Å²) in [6.45, 7) is 4.31. The summed E-state index contributed by atoms with van der Waals surface area (Å²) in [5.41, 5.74) is 1.34. The largest absolute Gasteiger partial charge is 0.471 e. The Morgan fingerprint density at radius 3 is 2.19 bits per heavy atom. The van der Waals surface area contributed by atoms with Gasteiger partial charge in [0.2, 0.25) is 0 Å². The van der Waals surface area contributed by atoms with Crippen LogP contribution in [0.1, 0.15) is 13.8 Å². The van der Waals surface area contributed by atoms with E-state index < -0.39 is 6.09 Å². The average Bonchev–Trinajstić information content (AvgIpc) is 2.41. The first-order valence-corrected chi connectivity index (χ1v) is 7.16. The second kappa shape index (κ2) is 9.09. The zero-order chi connectivity index (χ0) is 15.7. The van der Waals surface area contributed by atoms with E-state index in [0.29, 0.717) is 18.0 Å². The average molecular weight is 327 g/mol. The molecule has 1 rings (SSSR count). The minimum Gasteiger partial charge on any atom is -0.471 e. The van der Waals surface area contributed by atoms with Gasteiger partial charge in [-0.25, -0.2) is 4.79 Å². The molecule has 8 heteroatoms. The van der Waals surface area contributed by atoms with Crippen LogP contribution in [0, 0.1) is 0 Å². The molecule has 0 unspecified atom stereocenters. The Hall–Kier alpha value is -1.93. The van der Waals surface area contributed by atoms with Crippen molar-refractivity contribution in [3.8, 4) is 0 Å². The zero-order valence-electron chi connectivity index (χ0n) is 11.8. The maximum atomic E-state index is 11.3. The van der Waals surface area contributed by atoms with E-state index in [-0.39, 0.29) is 16.9 Å². The molecule has 21 heavy (non-hydrogen) atoms. The lowest BCUT2D eigenvalue weighted by atomic mass is 10.2. The van der Waals surface area contributed by atoms with Gasteiger partial charge >= 0.3 is 6.09 Å². The van der Waals surface area contributed by atoms with E-state index in [9.17, 15) is 4.79 Å². The van der Waals surface area contributed by atoms with Crippen molar-refractivity contribution < 1.29 is 14.3 Å². The van der Waals surface area contributed by atoms with Gasteiger partial charge in [0, 0.05) is 0 Å². The van der Waals surface area contributed by atoms with E-state index in [1.807, 2.05) is 19.1 Å². The van der Waals surface area contributed by atoms with E-state index in [2.05, 4.69) is 16.0 Å². The molecule has 0 spiro atoms. The Balaban J connectivity index is 2.68. The molecule has 0 saturated heterocycles. The monoisotopic (exact) mass is 327 g/mol. The van der Waals surface area contributed by atoms with E-state index in [1.165, 1.54) is 0 Å². The second-order valence-corrected chi connectivity index (χ2v) is 4.47. The Bertz CT molecular complexity index is 523. The van der Waals surface area contributed by atoms with Crippen LogP contribution >= 0.6 is 24.4 Å². The van der Waals surface area contributed by atoms with Gasteiger partial charge in [-0.15, -0.1) is 0 Å². The van der Waals surface area contributed by atoms with Gasteiger partial charge in [-0.1, -0.05) is 12.1 Å². The third-order valence-electron chi connectivity index (χ3n) is 2.18. The Kier molecular flexibility index (Phi) is 7.41. The number of benzene rings is 1. The lowest BCUT2D eigenvalue weighted by Gasteiger charge is -2.15. The van der Waals surface area contributed by atoms with Crippen molar-refractivity contribution in [3.05, 3.63) is 24.3 Å². The van der Waals surface area contributed by atoms with Gasteiger partial charge in [-0.05, 0) is 50.4 Å². The molecule has 0 saturated carbocycles. The number of para-hydroxylation sites is 2. The molecule has 114 valence electrons. The highest BCUT2D eigenvalue weighted by atomic mass is 32.1. The third kappa shape index (κ3) is 6.37. The number of nitrogens with one attached hydrogen (secondary N) is 3. The topological polar surface area (TPSA) is 71.6 Å². The van der Waals surface area contributed by atoms with Crippen molar-refractivity contribution in [1.29, 1.82) is 0 Å². The van der Waals surface area contributed by atoms with Crippen LogP contribution in [0.15, 0.2) is 24.3 Å². The minimum atomic E-state index is -0.606. The van der Waals surface area contributed by atoms with Crippen LogP contribution in [-0.4, -0.2) is 29.6 Å². The number of hydrogen-bond acceptors (Lipinski definition) is 5. The first kappa shape index (κ1) is 17.1. The molecule has 1 amide bonds. The van der Waals surface area contributed by atoms with E-state index in [4.69, 9.17) is 33.9 Å². The summed E-state index contributed by atoms with van der Waals surface area (Å²) in [5.74, 6) is 0. The van der Waals surface area contributed by atoms with Crippen molar-refractivity contribution in [2.45, 2.75) is 13.8 Å². The highest BCUT2D eigenvalue weighted by Gasteiger charge is 2.08. The predicted molar refractivity (Wildman–Crippen MR) is 90.7 cm³/mol. The summed E-state index contributed by atoms with van der Waals surface area (Å²) in [6.07, 6.45) is -0.606. The number of thiocarbonyl (C=S) groups is 2. The Morgan fingerprint density at radius 2 is 1.62 bits per heavy atom. The van der Waals surface area contributed by atoms with Crippen LogP contribution in [0.4, 0.5) is 16.2 Å². The highest BCUT2D eigenvalue weighted by molar-refractivity contribution is 7.80. The molecule has 3 N–H and O–H groups in total. The van der Waals surface area contributed by atoms with E-state index in [0.717, 1.165) is 0 Å². The summed E-state index contributed by atoms with van der Waals surface area (Å²) in [6, 6.07) is 7.25. The number of hydrogen-bond donors (Lipinski definition) is 3. The third-order valence-corrected chi connectivity index (χ3v) is 2.60. The molecule has 0 aromatic heterocycles. The van der Waals surface area contributed by atoms with Crippen molar-refractivity contribution >= 4 is 52.2 Å². The summed E-state index contributed by atoms with van der Waals surface area (Å²) in [4.78, 5) is 11.3. The maximum Gasteiger partial charge on any atom is 0.413 e. The van der Waals surface area contributed by atoms with Crippen LogP contribution in [-0.2, 0) is 9.47 Å². The predicted octanol–water partition coefficient (Wildman–Crippen LogP) is 2.86. The molecule has 0 atom stereocenters. The smallest absolute Gasteiger partial charge is 0.413 e. The van der Waals surface area contributed by atoms with Crippen molar-refractivity contribution in [2.75, 3.05) is 23.8 Å². The Labute approximate surface area is 134 Å². The van der Waals surface area contributed by atoms with Gasteiger partial charge in [0.1, 0.15) is 0 Å². The minimum absolute atomic E-state index is 0.130. The van der Waals surface area contributed by atoms with E-state index in [1.54, 1.807) is 19.1 Å². The summed E-state index contributed by atoms with van der Waals surface area (Å²) < 4.78 is 9.92. The lowest BCUT2D eigenvalue weighted by molar-refractivity contribution is 0.158. The maximum absolute atomic E-state index is 11.3. The second-order valence-electron chi connectivity index (χ2n) is 3.69. The fourth-order valence-electron chi connectivity index (χ4n) is 1.39. The molecule has 0 radical (unpaired) electrons. The molecule has 1 aromatic rings. The molecular formula is C13H17N3O3S2. The van der Waals surface area contributed by atoms with Gasteiger partial charge in [-0.3, -0.25) is 5.32 Å². The summed E-state index contributed by atoms with van der Waals surface area (Å²) in [5, 5.41) is 8.62. The molecule has 6 nitrogen and oxygen atoms in total. The van der Waals surface area contributed by atoms with Gasteiger partial charge in [0.05, 0.1) is 24.6 Å². The Morgan fingerprint density at radius 1 is 1.05 bits per heavy atom. The molecule has 0 bridgehead atoms. The number of ether oxygens (including phenoxy) is 2. The van der Waals surface area contributed by atoms with Crippen LogP contribution in [0.2, 0.25) is 0 Å². The van der Waals surface area contributed by atoms with Crippen molar-refractivity contribution in [2.24, 2.45) is 0 Å². The summed E-state index contributed by atoms with van der Waals surface area (Å²) in [7, 11) is 0. The number of carbonyl (C=O) groups is 1. The summed E-state index contributed by atoms with van der Waals surface area (Å²) >= 11 is 10.1. The molecule has 0 aliphatic heterocycles. The van der Waals surface area contributed by atoms with Crippen molar-refractivity contribution in [3.63, 3.8) is 0 Å². The van der Waals surface area contributed by atoms with Gasteiger partial charge in [0.15, 0.2) is 5.11 Å². The molecule has 0 aliphatic carbocycles. The fraction of sp³-hybridized carbons (Fsp3) is 0.308. The van der Waals surface area contributed by atoms with Gasteiger partial charge in [-0.2, -0.15) is 0 Å². The standard InChI is InChI=1S/C13H17N3O3S2/c1-3-18-12(17)16-11(20)14-9-7-5-6-8-10(9)15-13(21)19-4-2/h5-8H,3-4H2,1-2H3,(H,15,21)(H2,14,16,17,20). The molecule has 0 fully saturated rings. The molecule has 0 aliphatic rings. The van der Waals surface area contributed by atoms with Gasteiger partial charge in [0.25, 0.3) is 5.17 Å². The quantitative estimate of drug-likeness (QED) is 0.734. The molecule has 0 heterocycles. The first-order chi connectivity index (χ1) is 10.1. The molecule has 1 aromatic carbocycles. The van der Waals surface area contributed by atoms with Crippen LogP contribution in [0.3, 0.4) is 0 Å². The fourth-order valence-corrected chi connectivity index (χ4v) is 1.81. The van der Waals surface area contributed by atoms with Crippen molar-refractivity contribution in [1.82, 2.24) is 5.32 Å². The number of amides is 1. The van der Waals surface area contributed by atoms with Crippen LogP contribution < -0.4 is 16.0 Å². The van der Waals surface area contributed by atoms with Crippen LogP contribution in [0.5, 0.6) is 0 Å². The van der Waals surface area contributed by atoms with Gasteiger partial charge < -0.3 is 20.1 Å².